The van der Waals surface area contributed by atoms with Crippen LogP contribution in [0.2, 0.25) is 0 Å². The monoisotopic (exact) mass is 402 g/mol. The number of nitrogens with one attached hydrogen (secondary N) is 3. The van der Waals surface area contributed by atoms with E-state index in [1.165, 1.54) is 0 Å². The van der Waals surface area contributed by atoms with E-state index in [1.807, 2.05) is 44.3 Å². The van der Waals surface area contributed by atoms with Crippen molar-refractivity contribution >= 4 is 45.7 Å². The Labute approximate surface area is 168 Å². The molecule has 0 saturated carbocycles. The zero-order valence-electron chi connectivity index (χ0n) is 16.0. The summed E-state index contributed by atoms with van der Waals surface area (Å²) in [5.74, 6) is -0.819. The number of thioether (sulfide) groups is 1. The normalized spacial score (nSPS) is 13.3. The number of ketones is 1. The average Bonchev–Trinajstić information content (AvgIpc) is 3.06. The summed E-state index contributed by atoms with van der Waals surface area (Å²) in [7, 11) is 0. The van der Waals surface area contributed by atoms with Gasteiger partial charge in [-0.3, -0.25) is 14.4 Å². The lowest BCUT2D eigenvalue weighted by Gasteiger charge is -2.20. The van der Waals surface area contributed by atoms with Gasteiger partial charge in [-0.05, 0) is 24.5 Å². The van der Waals surface area contributed by atoms with Crippen molar-refractivity contribution in [3.8, 4) is 0 Å². The minimum Gasteiger partial charge on any atom is -0.361 e. The minimum atomic E-state index is -0.822. The molecule has 28 heavy (non-hydrogen) atoms. The number of benzene rings is 1. The van der Waals surface area contributed by atoms with Crippen molar-refractivity contribution in [3.05, 3.63) is 36.0 Å². The molecule has 1 aromatic carbocycles. The molecular weight excluding hydrogens is 376 g/mol. The second kappa shape index (κ2) is 10.2. The Morgan fingerprint density at radius 1 is 1.29 bits per heavy atom. The van der Waals surface area contributed by atoms with Crippen LogP contribution in [0.5, 0.6) is 0 Å². The molecule has 1 heterocycles. The molecule has 0 aliphatic carbocycles. The highest BCUT2D eigenvalue weighted by Gasteiger charge is 2.25. The average molecular weight is 403 g/mol. The van der Waals surface area contributed by atoms with Crippen LogP contribution in [0.1, 0.15) is 32.3 Å². The van der Waals surface area contributed by atoms with Crippen molar-refractivity contribution in [2.24, 2.45) is 5.73 Å². The number of aromatic nitrogens is 1. The molecule has 0 bridgehead atoms. The van der Waals surface area contributed by atoms with Crippen molar-refractivity contribution < 1.29 is 14.4 Å². The highest BCUT2D eigenvalue weighted by Crippen LogP contribution is 2.19. The van der Waals surface area contributed by atoms with E-state index >= 15 is 0 Å². The second-order valence-corrected chi connectivity index (χ2v) is 8.45. The standard InChI is InChI=1S/C20H26N4O3S/c1-12(2)28-20(27)18(8-7-14(25)10-21)24-19(26)16(22)9-13-11-23-17-6-4-3-5-15(13)17/h3-6,10-12,16,18,21,23H,7-9,22H2,1-2H3,(H,24,26)/t16-,18-/m0/s1. The van der Waals surface area contributed by atoms with Crippen LogP contribution in [-0.2, 0) is 20.8 Å². The van der Waals surface area contributed by atoms with Gasteiger partial charge in [0.1, 0.15) is 0 Å². The van der Waals surface area contributed by atoms with Gasteiger partial charge >= 0.3 is 0 Å². The number of H-pyrrole nitrogens is 1. The minimum absolute atomic E-state index is 0.0243. The Morgan fingerprint density at radius 3 is 2.68 bits per heavy atom. The summed E-state index contributed by atoms with van der Waals surface area (Å²) in [6, 6.07) is 6.12. The molecule has 5 N–H and O–H groups in total. The first-order valence-corrected chi connectivity index (χ1v) is 10.0. The fourth-order valence-electron chi connectivity index (χ4n) is 2.83. The Hall–Kier alpha value is -2.45. The summed E-state index contributed by atoms with van der Waals surface area (Å²) in [4.78, 5) is 39.6. The number of rotatable bonds is 10. The van der Waals surface area contributed by atoms with Gasteiger partial charge in [-0.2, -0.15) is 0 Å². The lowest BCUT2D eigenvalue weighted by atomic mass is 10.0. The largest absolute Gasteiger partial charge is 0.361 e. The van der Waals surface area contributed by atoms with E-state index in [1.54, 1.807) is 0 Å². The Bertz CT molecular complexity index is 862. The number of carbonyl (C=O) groups excluding carboxylic acids is 3. The summed E-state index contributed by atoms with van der Waals surface area (Å²) in [5.41, 5.74) is 7.98. The molecule has 0 aliphatic rings. The number of Topliss-reactive ketones (excluding diaryl/α,β-unsaturated/α-hetero) is 1. The molecule has 2 aromatic rings. The number of aromatic amines is 1. The van der Waals surface area contributed by atoms with Gasteiger partial charge in [0.2, 0.25) is 11.0 Å². The predicted molar refractivity (Wildman–Crippen MR) is 113 cm³/mol. The Kier molecular flexibility index (Phi) is 7.95. The van der Waals surface area contributed by atoms with Gasteiger partial charge in [0, 0.05) is 28.8 Å². The Morgan fingerprint density at radius 2 is 2.00 bits per heavy atom. The zero-order chi connectivity index (χ0) is 20.7. The van der Waals surface area contributed by atoms with Gasteiger partial charge in [0.15, 0.2) is 5.78 Å². The van der Waals surface area contributed by atoms with E-state index < -0.39 is 18.0 Å². The number of nitrogens with two attached hydrogens (primary N) is 1. The summed E-state index contributed by atoms with van der Waals surface area (Å²) in [6.45, 7) is 3.76. The molecule has 0 radical (unpaired) electrons. The lowest BCUT2D eigenvalue weighted by Crippen LogP contribution is -2.49. The van der Waals surface area contributed by atoms with Crippen LogP contribution in [-0.4, -0.2) is 45.3 Å². The van der Waals surface area contributed by atoms with Crippen LogP contribution in [0.25, 0.3) is 10.9 Å². The van der Waals surface area contributed by atoms with Gasteiger partial charge in [0.05, 0.1) is 18.3 Å². The van der Waals surface area contributed by atoms with Gasteiger partial charge in [-0.25, -0.2) is 0 Å². The zero-order valence-corrected chi connectivity index (χ0v) is 16.8. The smallest absolute Gasteiger partial charge is 0.237 e. The molecule has 1 aromatic heterocycles. The summed E-state index contributed by atoms with van der Waals surface area (Å²) in [5, 5.41) is 10.5. The van der Waals surface area contributed by atoms with Crippen molar-refractivity contribution in [1.29, 1.82) is 5.41 Å². The summed E-state index contributed by atoms with van der Waals surface area (Å²) in [6.07, 6.45) is 3.06. The molecule has 0 unspecified atom stereocenters. The Balaban J connectivity index is 2.04. The fraction of sp³-hybridized carbons (Fsp3) is 0.400. The molecule has 2 rings (SSSR count). The predicted octanol–water partition coefficient (Wildman–Crippen LogP) is 2.19. The lowest BCUT2D eigenvalue weighted by molar-refractivity contribution is -0.126. The van der Waals surface area contributed by atoms with E-state index in [0.717, 1.165) is 34.4 Å². The maximum absolute atomic E-state index is 12.6. The molecule has 7 nitrogen and oxygen atoms in total. The van der Waals surface area contributed by atoms with Crippen molar-refractivity contribution in [2.75, 3.05) is 0 Å². The molecule has 8 heteroatoms. The first-order valence-electron chi connectivity index (χ1n) is 9.16. The number of fused-ring (bicyclic) bond motifs is 1. The van der Waals surface area contributed by atoms with E-state index in [2.05, 4.69) is 10.3 Å². The van der Waals surface area contributed by atoms with E-state index in [9.17, 15) is 14.4 Å². The molecule has 150 valence electrons. The van der Waals surface area contributed by atoms with Crippen LogP contribution >= 0.6 is 11.8 Å². The number of carbonyl (C=O) groups is 3. The molecule has 1 amide bonds. The third kappa shape index (κ3) is 6.03. The van der Waals surface area contributed by atoms with Crippen molar-refractivity contribution in [1.82, 2.24) is 10.3 Å². The third-order valence-corrected chi connectivity index (χ3v) is 5.23. The molecule has 0 aliphatic heterocycles. The first-order chi connectivity index (χ1) is 13.3. The second-order valence-electron chi connectivity index (χ2n) is 6.87. The van der Waals surface area contributed by atoms with E-state index in [0.29, 0.717) is 6.42 Å². The van der Waals surface area contributed by atoms with Gasteiger partial charge in [0.25, 0.3) is 0 Å². The van der Waals surface area contributed by atoms with Crippen molar-refractivity contribution in [2.45, 2.75) is 50.4 Å². The number of hydrogen-bond donors (Lipinski definition) is 4. The van der Waals surface area contributed by atoms with Crippen molar-refractivity contribution in [3.63, 3.8) is 0 Å². The first kappa shape index (κ1) is 21.8. The van der Waals surface area contributed by atoms with Crippen LogP contribution in [0, 0.1) is 5.41 Å². The van der Waals surface area contributed by atoms with Crippen LogP contribution in [0.15, 0.2) is 30.5 Å². The summed E-state index contributed by atoms with van der Waals surface area (Å²) < 4.78 is 0. The molecule has 0 saturated heterocycles. The van der Waals surface area contributed by atoms with Crippen LogP contribution in [0.3, 0.4) is 0 Å². The summed E-state index contributed by atoms with van der Waals surface area (Å²) >= 11 is 1.11. The number of amides is 1. The fourth-order valence-corrected chi connectivity index (χ4v) is 3.64. The molecular formula is C20H26N4O3S. The van der Waals surface area contributed by atoms with Gasteiger partial charge in [-0.15, -0.1) is 0 Å². The third-order valence-electron chi connectivity index (χ3n) is 4.24. The highest BCUT2D eigenvalue weighted by atomic mass is 32.2. The SMILES string of the molecule is CC(C)SC(=O)[C@H](CCC(=O)C=N)NC(=O)[C@@H](N)Cc1c[nH]c2ccccc12. The van der Waals surface area contributed by atoms with E-state index in [4.69, 9.17) is 11.1 Å². The molecule has 0 spiro atoms. The highest BCUT2D eigenvalue weighted by molar-refractivity contribution is 8.14. The van der Waals surface area contributed by atoms with Gasteiger partial charge < -0.3 is 21.4 Å². The van der Waals surface area contributed by atoms with E-state index in [-0.39, 0.29) is 29.0 Å². The number of hydrogen-bond acceptors (Lipinski definition) is 6. The quantitative estimate of drug-likeness (QED) is 0.453. The maximum Gasteiger partial charge on any atom is 0.237 e. The van der Waals surface area contributed by atoms with Crippen LogP contribution < -0.4 is 11.1 Å². The topological polar surface area (TPSA) is 129 Å². The van der Waals surface area contributed by atoms with Gasteiger partial charge in [-0.1, -0.05) is 43.8 Å². The molecule has 0 fully saturated rings. The van der Waals surface area contributed by atoms with Crippen LogP contribution in [0.4, 0.5) is 0 Å². The number of para-hydroxylation sites is 1. The molecule has 2 atom stereocenters. The maximum atomic E-state index is 12.6.